The third-order valence-electron chi connectivity index (χ3n) is 3.19. The van der Waals surface area contributed by atoms with Crippen LogP contribution in [0.3, 0.4) is 0 Å². The summed E-state index contributed by atoms with van der Waals surface area (Å²) in [7, 11) is 0. The van der Waals surface area contributed by atoms with Gasteiger partial charge >= 0.3 is 0 Å². The molecule has 1 aromatic carbocycles. The molecule has 20 heavy (non-hydrogen) atoms. The number of rotatable bonds is 8. The first-order chi connectivity index (χ1) is 9.72. The minimum Gasteiger partial charge on any atom is -0.376 e. The first kappa shape index (κ1) is 15.5. The Balaban J connectivity index is 2.15. The molecule has 1 aromatic heterocycles. The van der Waals surface area contributed by atoms with Crippen molar-refractivity contribution < 1.29 is 4.74 Å². The summed E-state index contributed by atoms with van der Waals surface area (Å²) in [5, 5.41) is 4.86. The largest absolute Gasteiger partial charge is 0.376 e. The molecular weight excluding hydrogens is 266 g/mol. The maximum Gasteiger partial charge on any atom is 0.0734 e. The Kier molecular flexibility index (Phi) is 6.02. The lowest BCUT2D eigenvalue weighted by Crippen LogP contribution is -2.14. The molecule has 0 aliphatic heterocycles. The normalized spacial score (nSPS) is 11.6. The molecule has 0 fully saturated rings. The zero-order chi connectivity index (χ0) is 14.4. The second kappa shape index (κ2) is 7.77. The molecule has 110 valence electrons. The fraction of sp³-hybridized carbons (Fsp3) is 0.529. The summed E-state index contributed by atoms with van der Waals surface area (Å²) in [5.74, 6) is 0.585. The maximum absolute atomic E-state index is 5.87. The van der Waals surface area contributed by atoms with E-state index in [1.54, 1.807) is 0 Å². The maximum atomic E-state index is 5.87. The van der Waals surface area contributed by atoms with Crippen molar-refractivity contribution in [1.82, 2.24) is 5.32 Å². The lowest BCUT2D eigenvalue weighted by Gasteiger charge is -2.09. The minimum atomic E-state index is 0.585. The number of ether oxygens (including phenoxy) is 1. The molecule has 1 N–H and O–H groups in total. The molecule has 2 nitrogen and oxygen atoms in total. The van der Waals surface area contributed by atoms with Crippen molar-refractivity contribution in [2.24, 2.45) is 5.92 Å². The summed E-state index contributed by atoms with van der Waals surface area (Å²) in [4.78, 5) is 1.42. The van der Waals surface area contributed by atoms with E-state index >= 15 is 0 Å². The second-order valence-corrected chi connectivity index (χ2v) is 6.72. The number of thiophene rings is 1. The van der Waals surface area contributed by atoms with Crippen LogP contribution < -0.4 is 5.32 Å². The molecule has 2 aromatic rings. The van der Waals surface area contributed by atoms with Crippen LogP contribution in [0.2, 0.25) is 0 Å². The number of hydrogen-bond donors (Lipinski definition) is 1. The van der Waals surface area contributed by atoms with E-state index in [-0.39, 0.29) is 0 Å². The zero-order valence-electron chi connectivity index (χ0n) is 12.7. The highest BCUT2D eigenvalue weighted by molar-refractivity contribution is 7.19. The van der Waals surface area contributed by atoms with Gasteiger partial charge in [0, 0.05) is 28.3 Å². The van der Waals surface area contributed by atoms with Gasteiger partial charge in [-0.15, -0.1) is 11.3 Å². The van der Waals surface area contributed by atoms with E-state index in [4.69, 9.17) is 4.74 Å². The molecular formula is C17H25NOS. The van der Waals surface area contributed by atoms with Crippen molar-refractivity contribution in [3.05, 3.63) is 34.7 Å². The Hall–Kier alpha value is -0.900. The van der Waals surface area contributed by atoms with E-state index in [0.717, 1.165) is 26.3 Å². The van der Waals surface area contributed by atoms with E-state index in [2.05, 4.69) is 50.4 Å². The summed E-state index contributed by atoms with van der Waals surface area (Å²) in [6, 6.07) is 8.64. The van der Waals surface area contributed by atoms with Gasteiger partial charge in [-0.2, -0.15) is 0 Å². The quantitative estimate of drug-likeness (QED) is 0.719. The molecule has 0 bridgehead atoms. The van der Waals surface area contributed by atoms with Crippen molar-refractivity contribution >= 4 is 21.4 Å². The van der Waals surface area contributed by atoms with E-state index in [1.165, 1.54) is 26.9 Å². The highest BCUT2D eigenvalue weighted by Gasteiger charge is 2.11. The second-order valence-electron chi connectivity index (χ2n) is 5.59. The topological polar surface area (TPSA) is 21.3 Å². The van der Waals surface area contributed by atoms with E-state index in [1.807, 2.05) is 11.3 Å². The third kappa shape index (κ3) is 4.05. The summed E-state index contributed by atoms with van der Waals surface area (Å²) in [6.45, 7) is 10.2. The minimum absolute atomic E-state index is 0.585. The molecule has 0 amide bonds. The van der Waals surface area contributed by atoms with Crippen molar-refractivity contribution in [2.75, 3.05) is 13.2 Å². The Morgan fingerprint density at radius 2 is 2.05 bits per heavy atom. The smallest absolute Gasteiger partial charge is 0.0734 e. The average molecular weight is 291 g/mol. The first-order valence-electron chi connectivity index (χ1n) is 7.50. The van der Waals surface area contributed by atoms with Gasteiger partial charge in [-0.25, -0.2) is 0 Å². The Bertz CT molecular complexity index is 533. The SMILES string of the molecule is CCCNCc1sc2ccccc2c1COCC(C)C. The summed E-state index contributed by atoms with van der Waals surface area (Å²) < 4.78 is 7.24. The predicted octanol–water partition coefficient (Wildman–Crippen LogP) is 4.57. The monoisotopic (exact) mass is 291 g/mol. The van der Waals surface area contributed by atoms with Crippen molar-refractivity contribution in [3.63, 3.8) is 0 Å². The summed E-state index contributed by atoms with van der Waals surface area (Å²) in [6.07, 6.45) is 1.17. The fourth-order valence-corrected chi connectivity index (χ4v) is 3.41. The van der Waals surface area contributed by atoms with E-state index < -0.39 is 0 Å². The van der Waals surface area contributed by atoms with Gasteiger partial charge in [-0.05, 0) is 30.3 Å². The lowest BCUT2D eigenvalue weighted by molar-refractivity contribution is 0.0975. The standard InChI is InChI=1S/C17H25NOS/c1-4-9-18-10-17-15(12-19-11-13(2)3)14-7-5-6-8-16(14)20-17/h5-8,13,18H,4,9-12H2,1-3H3. The van der Waals surface area contributed by atoms with Crippen LogP contribution in [-0.4, -0.2) is 13.2 Å². The van der Waals surface area contributed by atoms with E-state index in [0.29, 0.717) is 5.92 Å². The van der Waals surface area contributed by atoms with Gasteiger partial charge in [0.2, 0.25) is 0 Å². The third-order valence-corrected chi connectivity index (χ3v) is 4.40. The van der Waals surface area contributed by atoms with E-state index in [9.17, 15) is 0 Å². The van der Waals surface area contributed by atoms with Gasteiger partial charge in [0.15, 0.2) is 0 Å². The Morgan fingerprint density at radius 3 is 2.80 bits per heavy atom. The molecule has 0 saturated heterocycles. The fourth-order valence-electron chi connectivity index (χ4n) is 2.23. The Labute approximate surface area is 126 Å². The van der Waals surface area contributed by atoms with Crippen LogP contribution >= 0.6 is 11.3 Å². The van der Waals surface area contributed by atoms with Crippen molar-refractivity contribution in [2.45, 2.75) is 40.3 Å². The number of hydrogen-bond acceptors (Lipinski definition) is 3. The van der Waals surface area contributed by atoms with Gasteiger partial charge in [0.1, 0.15) is 0 Å². The zero-order valence-corrected chi connectivity index (χ0v) is 13.6. The summed E-state index contributed by atoms with van der Waals surface area (Å²) in [5.41, 5.74) is 1.37. The molecule has 0 unspecified atom stereocenters. The van der Waals surface area contributed by atoms with Crippen molar-refractivity contribution in [3.8, 4) is 0 Å². The highest BCUT2D eigenvalue weighted by atomic mass is 32.1. The molecule has 3 heteroatoms. The number of nitrogens with one attached hydrogen (secondary N) is 1. The van der Waals surface area contributed by atoms with Gasteiger partial charge in [0.05, 0.1) is 6.61 Å². The van der Waals surface area contributed by atoms with Gasteiger partial charge in [-0.3, -0.25) is 0 Å². The molecule has 1 heterocycles. The molecule has 2 rings (SSSR count). The molecule has 0 radical (unpaired) electrons. The molecule has 0 aliphatic rings. The first-order valence-corrected chi connectivity index (χ1v) is 8.31. The predicted molar refractivity (Wildman–Crippen MR) is 88.3 cm³/mol. The molecule has 0 atom stereocenters. The lowest BCUT2D eigenvalue weighted by atomic mass is 10.1. The van der Waals surface area contributed by atoms with Crippen LogP contribution in [0.15, 0.2) is 24.3 Å². The van der Waals surface area contributed by atoms with Gasteiger partial charge in [0.25, 0.3) is 0 Å². The van der Waals surface area contributed by atoms with Crippen molar-refractivity contribution in [1.29, 1.82) is 0 Å². The van der Waals surface area contributed by atoms with Crippen LogP contribution in [0.1, 0.15) is 37.6 Å². The van der Waals surface area contributed by atoms with Crippen LogP contribution in [-0.2, 0) is 17.9 Å². The summed E-state index contributed by atoms with van der Waals surface area (Å²) >= 11 is 1.89. The molecule has 0 spiro atoms. The average Bonchev–Trinajstić information content (AvgIpc) is 2.77. The Morgan fingerprint density at radius 1 is 1.25 bits per heavy atom. The van der Waals surface area contributed by atoms with Crippen LogP contribution in [0, 0.1) is 5.92 Å². The van der Waals surface area contributed by atoms with Crippen LogP contribution in [0.4, 0.5) is 0 Å². The van der Waals surface area contributed by atoms with Crippen LogP contribution in [0.5, 0.6) is 0 Å². The van der Waals surface area contributed by atoms with Crippen LogP contribution in [0.25, 0.3) is 10.1 Å². The van der Waals surface area contributed by atoms with Gasteiger partial charge in [-0.1, -0.05) is 39.0 Å². The highest BCUT2D eigenvalue weighted by Crippen LogP contribution is 2.31. The molecule has 0 saturated carbocycles. The molecule has 0 aliphatic carbocycles. The number of fused-ring (bicyclic) bond motifs is 1. The van der Waals surface area contributed by atoms with Gasteiger partial charge < -0.3 is 10.1 Å². The number of benzene rings is 1.